The number of nitrogens with one attached hydrogen (secondary N) is 1. The van der Waals surface area contributed by atoms with E-state index < -0.39 is 0 Å². The largest absolute Gasteiger partial charge is 0.328 e. The second-order valence-corrected chi connectivity index (χ2v) is 7.38. The van der Waals surface area contributed by atoms with E-state index in [0.29, 0.717) is 12.4 Å². The Bertz CT molecular complexity index is 814. The molecule has 1 unspecified atom stereocenters. The van der Waals surface area contributed by atoms with Gasteiger partial charge in [0, 0.05) is 29.6 Å². The lowest BCUT2D eigenvalue weighted by atomic mass is 9.87. The number of thioether (sulfide) groups is 1. The number of aromatic nitrogens is 4. The smallest absolute Gasteiger partial charge is 0.227 e. The molecule has 1 aliphatic carbocycles. The molecule has 0 aromatic carbocycles. The Balaban J connectivity index is 1.75. The standard InChI is InChI=1S/C18H21N5OS/c1-2-3-11-25-18-21-17-20-12-8-6-9-14(24)15(12)16(23(17)22-18)13-7-4-5-10-19-13/h4-5,7,10,16H,2-3,6,8-9,11H2,1H3,(H,20,21,22). The van der Waals surface area contributed by atoms with Crippen molar-refractivity contribution < 1.29 is 4.79 Å². The van der Waals surface area contributed by atoms with Crippen molar-refractivity contribution >= 4 is 23.5 Å². The van der Waals surface area contributed by atoms with Crippen molar-refractivity contribution in [3.8, 4) is 0 Å². The molecule has 0 bridgehead atoms. The number of rotatable bonds is 5. The van der Waals surface area contributed by atoms with E-state index in [2.05, 4.69) is 27.3 Å². The molecular weight excluding hydrogens is 334 g/mol. The Morgan fingerprint density at radius 3 is 3.08 bits per heavy atom. The van der Waals surface area contributed by atoms with E-state index in [1.807, 2.05) is 22.9 Å². The number of allylic oxidation sites excluding steroid dienone is 2. The Labute approximate surface area is 151 Å². The van der Waals surface area contributed by atoms with Crippen molar-refractivity contribution in [2.24, 2.45) is 0 Å². The molecule has 0 fully saturated rings. The van der Waals surface area contributed by atoms with Crippen LogP contribution in [0.1, 0.15) is 50.8 Å². The van der Waals surface area contributed by atoms with Gasteiger partial charge in [0.25, 0.3) is 0 Å². The molecule has 0 saturated carbocycles. The molecule has 0 spiro atoms. The van der Waals surface area contributed by atoms with Crippen LogP contribution in [0.25, 0.3) is 0 Å². The molecule has 2 aliphatic rings. The van der Waals surface area contributed by atoms with E-state index in [1.165, 1.54) is 0 Å². The normalized spacial score (nSPS) is 19.4. The van der Waals surface area contributed by atoms with Crippen LogP contribution in [-0.4, -0.2) is 31.3 Å². The number of anilines is 1. The van der Waals surface area contributed by atoms with Crippen LogP contribution < -0.4 is 5.32 Å². The summed E-state index contributed by atoms with van der Waals surface area (Å²) in [6.07, 6.45) is 6.39. The number of ketones is 1. The maximum atomic E-state index is 12.6. The molecule has 1 atom stereocenters. The van der Waals surface area contributed by atoms with Crippen LogP contribution in [0.2, 0.25) is 0 Å². The highest BCUT2D eigenvalue weighted by molar-refractivity contribution is 7.99. The molecule has 4 rings (SSSR count). The van der Waals surface area contributed by atoms with Crippen molar-refractivity contribution in [1.29, 1.82) is 0 Å². The SMILES string of the molecule is CCCCSc1nc2n(n1)C(c1ccccn1)C1=C(CCCC1=O)N2. The number of carbonyl (C=O) groups is 1. The topological polar surface area (TPSA) is 72.7 Å². The highest BCUT2D eigenvalue weighted by Gasteiger charge is 2.37. The van der Waals surface area contributed by atoms with Crippen LogP contribution in [0.4, 0.5) is 5.95 Å². The van der Waals surface area contributed by atoms with E-state index in [1.54, 1.807) is 18.0 Å². The van der Waals surface area contributed by atoms with Gasteiger partial charge in [0.2, 0.25) is 11.1 Å². The first kappa shape index (κ1) is 16.3. The second-order valence-electron chi connectivity index (χ2n) is 6.32. The highest BCUT2D eigenvalue weighted by Crippen LogP contribution is 2.39. The molecule has 0 saturated heterocycles. The molecule has 25 heavy (non-hydrogen) atoms. The average Bonchev–Trinajstić information content (AvgIpc) is 3.03. The third kappa shape index (κ3) is 3.08. The maximum Gasteiger partial charge on any atom is 0.227 e. The van der Waals surface area contributed by atoms with Gasteiger partial charge in [-0.3, -0.25) is 9.78 Å². The summed E-state index contributed by atoms with van der Waals surface area (Å²) in [5.74, 6) is 1.90. The predicted molar refractivity (Wildman–Crippen MR) is 97.5 cm³/mol. The zero-order chi connectivity index (χ0) is 17.2. The van der Waals surface area contributed by atoms with E-state index in [4.69, 9.17) is 0 Å². The molecule has 130 valence electrons. The summed E-state index contributed by atoms with van der Waals surface area (Å²) in [6, 6.07) is 5.51. The number of hydrogen-bond acceptors (Lipinski definition) is 6. The number of fused-ring (bicyclic) bond motifs is 1. The lowest BCUT2D eigenvalue weighted by Crippen LogP contribution is -2.32. The fourth-order valence-corrected chi connectivity index (χ4v) is 4.23. The molecular formula is C18H21N5OS. The van der Waals surface area contributed by atoms with Crippen LogP contribution in [0.5, 0.6) is 0 Å². The first-order valence-electron chi connectivity index (χ1n) is 8.81. The predicted octanol–water partition coefficient (Wildman–Crippen LogP) is 3.59. The van der Waals surface area contributed by atoms with Crippen LogP contribution in [0, 0.1) is 0 Å². The van der Waals surface area contributed by atoms with E-state index in [0.717, 1.165) is 53.6 Å². The molecule has 2 aromatic heterocycles. The minimum absolute atomic E-state index is 0.186. The molecule has 3 heterocycles. The number of unbranched alkanes of at least 4 members (excludes halogenated alkanes) is 1. The quantitative estimate of drug-likeness (QED) is 0.653. The minimum Gasteiger partial charge on any atom is -0.328 e. The Kier molecular flexibility index (Phi) is 4.57. The van der Waals surface area contributed by atoms with Crippen LogP contribution in [0.15, 0.2) is 40.8 Å². The van der Waals surface area contributed by atoms with Gasteiger partial charge in [-0.2, -0.15) is 4.98 Å². The summed E-state index contributed by atoms with van der Waals surface area (Å²) in [4.78, 5) is 21.8. The van der Waals surface area contributed by atoms with Gasteiger partial charge in [0.15, 0.2) is 5.78 Å². The third-order valence-corrected chi connectivity index (χ3v) is 5.47. The lowest BCUT2D eigenvalue weighted by Gasteiger charge is -2.31. The van der Waals surface area contributed by atoms with Gasteiger partial charge in [-0.25, -0.2) is 4.68 Å². The van der Waals surface area contributed by atoms with Gasteiger partial charge < -0.3 is 5.32 Å². The second kappa shape index (κ2) is 7.00. The van der Waals surface area contributed by atoms with Gasteiger partial charge in [0.05, 0.1) is 5.69 Å². The van der Waals surface area contributed by atoms with E-state index in [9.17, 15) is 4.79 Å². The zero-order valence-electron chi connectivity index (χ0n) is 14.2. The molecule has 1 N–H and O–H groups in total. The van der Waals surface area contributed by atoms with Crippen LogP contribution in [0.3, 0.4) is 0 Å². The number of carbonyl (C=O) groups excluding carboxylic acids is 1. The third-order valence-electron chi connectivity index (χ3n) is 4.55. The Morgan fingerprint density at radius 2 is 2.28 bits per heavy atom. The fraction of sp³-hybridized carbons (Fsp3) is 0.444. The van der Waals surface area contributed by atoms with Gasteiger partial charge in [-0.05, 0) is 31.4 Å². The van der Waals surface area contributed by atoms with Gasteiger partial charge in [-0.1, -0.05) is 31.2 Å². The molecule has 7 heteroatoms. The Morgan fingerprint density at radius 1 is 1.36 bits per heavy atom. The monoisotopic (exact) mass is 355 g/mol. The van der Waals surface area contributed by atoms with Crippen molar-refractivity contribution in [1.82, 2.24) is 19.7 Å². The van der Waals surface area contributed by atoms with Crippen molar-refractivity contribution in [3.05, 3.63) is 41.4 Å². The molecule has 0 amide bonds. The lowest BCUT2D eigenvalue weighted by molar-refractivity contribution is -0.116. The van der Waals surface area contributed by atoms with E-state index >= 15 is 0 Å². The molecule has 2 aromatic rings. The molecule has 6 nitrogen and oxygen atoms in total. The van der Waals surface area contributed by atoms with Gasteiger partial charge in [-0.15, -0.1) is 5.10 Å². The maximum absolute atomic E-state index is 12.6. The summed E-state index contributed by atoms with van der Waals surface area (Å²) in [6.45, 7) is 2.18. The van der Waals surface area contributed by atoms with Crippen LogP contribution >= 0.6 is 11.8 Å². The van der Waals surface area contributed by atoms with E-state index in [-0.39, 0.29) is 11.8 Å². The molecule has 0 radical (unpaired) electrons. The summed E-state index contributed by atoms with van der Waals surface area (Å²) < 4.78 is 1.83. The van der Waals surface area contributed by atoms with Crippen LogP contribution in [-0.2, 0) is 4.79 Å². The number of hydrogen-bond donors (Lipinski definition) is 1. The highest BCUT2D eigenvalue weighted by atomic mass is 32.2. The number of pyridine rings is 1. The van der Waals surface area contributed by atoms with Crippen molar-refractivity contribution in [2.75, 3.05) is 11.1 Å². The van der Waals surface area contributed by atoms with Crippen molar-refractivity contribution in [2.45, 2.75) is 50.2 Å². The van der Waals surface area contributed by atoms with Gasteiger partial charge in [0.1, 0.15) is 6.04 Å². The number of Topliss-reactive ketones (excluding diaryl/α,β-unsaturated/α-hetero) is 1. The zero-order valence-corrected chi connectivity index (χ0v) is 15.1. The first-order valence-corrected chi connectivity index (χ1v) is 9.80. The summed E-state index contributed by atoms with van der Waals surface area (Å²) in [5.41, 5.74) is 2.62. The summed E-state index contributed by atoms with van der Waals surface area (Å²) in [7, 11) is 0. The minimum atomic E-state index is -0.284. The molecule has 1 aliphatic heterocycles. The first-order chi connectivity index (χ1) is 12.3. The summed E-state index contributed by atoms with van der Waals surface area (Å²) in [5, 5.41) is 8.79. The number of nitrogens with zero attached hydrogens (tertiary/aromatic N) is 4. The fourth-order valence-electron chi connectivity index (χ4n) is 3.32. The summed E-state index contributed by atoms with van der Waals surface area (Å²) >= 11 is 1.66. The van der Waals surface area contributed by atoms with Crippen molar-refractivity contribution in [3.63, 3.8) is 0 Å². The van der Waals surface area contributed by atoms with Gasteiger partial charge >= 0.3 is 0 Å². The average molecular weight is 355 g/mol. The Hall–Kier alpha value is -2.15.